The molecule has 0 saturated carbocycles. The molecule has 1 fully saturated rings. The number of halogens is 3. The van der Waals surface area contributed by atoms with Crippen molar-refractivity contribution in [2.24, 2.45) is 0 Å². The Bertz CT molecular complexity index is 710. The summed E-state index contributed by atoms with van der Waals surface area (Å²) in [5, 5.41) is 1.07. The minimum absolute atomic E-state index is 0.140. The highest BCUT2D eigenvalue weighted by Gasteiger charge is 2.48. The maximum Gasteiger partial charge on any atom is 0.417 e. The third-order valence-electron chi connectivity index (χ3n) is 4.12. The van der Waals surface area contributed by atoms with E-state index in [2.05, 4.69) is 11.2 Å². The number of benzene rings is 2. The minimum Gasteiger partial charge on any atom is -0.355 e. The molecule has 0 spiro atoms. The highest BCUT2D eigenvalue weighted by atomic mass is 32.2. The van der Waals surface area contributed by atoms with Gasteiger partial charge in [0.25, 0.3) is 0 Å². The van der Waals surface area contributed by atoms with Crippen LogP contribution in [0.25, 0.3) is 10.8 Å². The van der Waals surface area contributed by atoms with Crippen molar-refractivity contribution < 1.29 is 13.2 Å². The summed E-state index contributed by atoms with van der Waals surface area (Å²) in [4.78, 5) is 3.45. The van der Waals surface area contributed by atoms with E-state index in [1.165, 1.54) is 17.0 Å². The van der Waals surface area contributed by atoms with Gasteiger partial charge in [-0.15, -0.1) is 0 Å². The molecule has 2 heterocycles. The van der Waals surface area contributed by atoms with E-state index in [4.69, 9.17) is 0 Å². The molecule has 0 aliphatic carbocycles. The molecular formula is C15H13F3NS+. The van der Waals surface area contributed by atoms with E-state index in [0.717, 1.165) is 23.4 Å². The summed E-state index contributed by atoms with van der Waals surface area (Å²) in [6.45, 7) is 0.986. The van der Waals surface area contributed by atoms with E-state index in [1.807, 2.05) is 12.1 Å². The maximum atomic E-state index is 13.1. The Morgan fingerprint density at radius 1 is 1.15 bits per heavy atom. The molecule has 2 aliphatic heterocycles. The maximum absolute atomic E-state index is 13.1. The largest absolute Gasteiger partial charge is 0.417 e. The first kappa shape index (κ1) is 12.4. The summed E-state index contributed by atoms with van der Waals surface area (Å²) in [7, 11) is 0.140. The van der Waals surface area contributed by atoms with E-state index in [9.17, 15) is 13.2 Å². The Hall–Kier alpha value is -1.36. The van der Waals surface area contributed by atoms with Crippen molar-refractivity contribution >= 4 is 27.4 Å². The predicted octanol–water partition coefficient (Wildman–Crippen LogP) is 3.67. The van der Waals surface area contributed by atoms with E-state index >= 15 is 0 Å². The smallest absolute Gasteiger partial charge is 0.355 e. The van der Waals surface area contributed by atoms with Crippen LogP contribution in [0.1, 0.15) is 5.56 Å². The van der Waals surface area contributed by atoms with Crippen molar-refractivity contribution in [3.05, 3.63) is 35.9 Å². The molecule has 2 aliphatic rings. The number of fused-ring (bicyclic) bond motifs is 5. The Balaban J connectivity index is 2.04. The second-order valence-corrected chi connectivity index (χ2v) is 7.47. The molecule has 20 heavy (non-hydrogen) atoms. The Morgan fingerprint density at radius 2 is 1.95 bits per heavy atom. The first-order valence-electron chi connectivity index (χ1n) is 6.49. The van der Waals surface area contributed by atoms with Crippen LogP contribution < -0.4 is 4.90 Å². The molecule has 0 bridgehead atoms. The topological polar surface area (TPSA) is 3.01 Å². The first-order chi connectivity index (χ1) is 9.47. The molecule has 1 nitrogen and oxygen atoms in total. The van der Waals surface area contributed by atoms with Gasteiger partial charge < -0.3 is 4.90 Å². The van der Waals surface area contributed by atoms with E-state index in [0.29, 0.717) is 11.4 Å². The van der Waals surface area contributed by atoms with Crippen LogP contribution in [-0.4, -0.2) is 24.6 Å². The molecule has 2 aromatic rings. The van der Waals surface area contributed by atoms with E-state index in [-0.39, 0.29) is 10.9 Å². The van der Waals surface area contributed by atoms with Gasteiger partial charge >= 0.3 is 6.18 Å². The van der Waals surface area contributed by atoms with Crippen molar-refractivity contribution in [3.8, 4) is 0 Å². The van der Waals surface area contributed by atoms with Gasteiger partial charge in [-0.3, -0.25) is 0 Å². The number of nitrogens with zero attached hydrogens (tertiary/aromatic N) is 1. The van der Waals surface area contributed by atoms with Crippen LogP contribution in [-0.2, 0) is 17.1 Å². The Kier molecular flexibility index (Phi) is 2.38. The molecule has 0 radical (unpaired) electrons. The SMILES string of the molecule is C[S+]1CC2CN2c2c1ccc1c(C(F)(F)F)cccc21. The Labute approximate surface area is 117 Å². The summed E-state index contributed by atoms with van der Waals surface area (Å²) in [6, 6.07) is 8.59. The fourth-order valence-corrected chi connectivity index (χ4v) is 5.02. The fraction of sp³-hybridized carbons (Fsp3) is 0.333. The van der Waals surface area contributed by atoms with Gasteiger partial charge in [-0.05, 0) is 23.6 Å². The van der Waals surface area contributed by atoms with Crippen LogP contribution in [0.2, 0.25) is 0 Å². The lowest BCUT2D eigenvalue weighted by molar-refractivity contribution is -0.136. The third kappa shape index (κ3) is 1.65. The lowest BCUT2D eigenvalue weighted by Crippen LogP contribution is -2.21. The first-order valence-corrected chi connectivity index (χ1v) is 8.29. The van der Waals surface area contributed by atoms with Gasteiger partial charge in [0.05, 0.1) is 11.6 Å². The molecule has 0 N–H and O–H groups in total. The van der Waals surface area contributed by atoms with Crippen LogP contribution >= 0.6 is 0 Å². The van der Waals surface area contributed by atoms with Gasteiger partial charge in [0, 0.05) is 22.8 Å². The number of alkyl halides is 3. The quantitative estimate of drug-likeness (QED) is 0.529. The lowest BCUT2D eigenvalue weighted by atomic mass is 10.0. The molecule has 2 aromatic carbocycles. The molecule has 5 heteroatoms. The second kappa shape index (κ2) is 3.85. The van der Waals surface area contributed by atoms with Crippen LogP contribution in [0.3, 0.4) is 0 Å². The van der Waals surface area contributed by atoms with E-state index < -0.39 is 11.7 Å². The van der Waals surface area contributed by atoms with Crippen molar-refractivity contribution in [2.75, 3.05) is 23.5 Å². The number of anilines is 1. The number of rotatable bonds is 0. The summed E-state index contributed by atoms with van der Waals surface area (Å²) in [6.07, 6.45) is -2.11. The molecule has 0 aromatic heterocycles. The predicted molar refractivity (Wildman–Crippen MR) is 76.5 cm³/mol. The highest BCUT2D eigenvalue weighted by molar-refractivity contribution is 7.96. The van der Waals surface area contributed by atoms with E-state index in [1.54, 1.807) is 6.07 Å². The molecule has 104 valence electrons. The molecule has 2 unspecified atom stereocenters. The Morgan fingerprint density at radius 3 is 2.70 bits per heavy atom. The van der Waals surface area contributed by atoms with Crippen molar-refractivity contribution in [3.63, 3.8) is 0 Å². The van der Waals surface area contributed by atoms with Crippen LogP contribution in [0.4, 0.5) is 18.9 Å². The van der Waals surface area contributed by atoms with Crippen molar-refractivity contribution in [1.29, 1.82) is 0 Å². The minimum atomic E-state index is -4.30. The monoisotopic (exact) mass is 296 g/mol. The normalized spacial score (nSPS) is 24.5. The van der Waals surface area contributed by atoms with Gasteiger partial charge in [0.1, 0.15) is 17.7 Å². The zero-order valence-corrected chi connectivity index (χ0v) is 11.7. The van der Waals surface area contributed by atoms with Gasteiger partial charge in [-0.2, -0.15) is 13.2 Å². The molecule has 0 amide bonds. The molecule has 1 saturated heterocycles. The third-order valence-corrected chi connectivity index (χ3v) is 6.09. The summed E-state index contributed by atoms with van der Waals surface area (Å²) in [5.74, 6) is 1.14. The summed E-state index contributed by atoms with van der Waals surface area (Å²) in [5.41, 5.74) is 0.508. The second-order valence-electron chi connectivity index (χ2n) is 5.42. The van der Waals surface area contributed by atoms with Gasteiger partial charge in [-0.25, -0.2) is 0 Å². The van der Waals surface area contributed by atoms with Gasteiger partial charge in [0.2, 0.25) is 0 Å². The van der Waals surface area contributed by atoms with Crippen LogP contribution in [0.15, 0.2) is 35.2 Å². The zero-order chi connectivity index (χ0) is 14.1. The molecular weight excluding hydrogens is 283 g/mol. The molecule has 4 rings (SSSR count). The number of hydrogen-bond acceptors (Lipinski definition) is 1. The van der Waals surface area contributed by atoms with Gasteiger partial charge in [0.15, 0.2) is 4.90 Å². The lowest BCUT2D eigenvalue weighted by Gasteiger charge is -2.19. The standard InChI is InChI=1S/C15H13F3NS/c1-20-8-9-7-19(9)14-11-3-2-4-12(15(16,17)18)10(11)5-6-13(14)20/h2-6,9H,7-8H2,1H3/q+1. The average molecular weight is 296 g/mol. The van der Waals surface area contributed by atoms with Gasteiger partial charge in [-0.1, -0.05) is 12.1 Å². The summed E-state index contributed by atoms with van der Waals surface area (Å²) >= 11 is 0. The van der Waals surface area contributed by atoms with Crippen molar-refractivity contribution in [2.45, 2.75) is 17.1 Å². The van der Waals surface area contributed by atoms with Crippen LogP contribution in [0, 0.1) is 0 Å². The van der Waals surface area contributed by atoms with Crippen LogP contribution in [0.5, 0.6) is 0 Å². The van der Waals surface area contributed by atoms with Crippen molar-refractivity contribution in [1.82, 2.24) is 0 Å². The zero-order valence-electron chi connectivity index (χ0n) is 10.9. The summed E-state index contributed by atoms with van der Waals surface area (Å²) < 4.78 is 39.4. The molecule has 2 atom stereocenters. The highest BCUT2D eigenvalue weighted by Crippen LogP contribution is 2.47. The number of hydrogen-bond donors (Lipinski definition) is 0. The average Bonchev–Trinajstić information content (AvgIpc) is 3.15. The fourth-order valence-electron chi connectivity index (χ4n) is 3.12.